The average molecular weight is 349 g/mol. The van der Waals surface area contributed by atoms with Crippen LogP contribution in [0.4, 0.5) is 4.39 Å². The first-order chi connectivity index (χ1) is 11.7. The molecule has 7 heteroatoms. The third-order valence-electron chi connectivity index (χ3n) is 4.12. The smallest absolute Gasteiger partial charge is 0.251 e. The number of likely N-dealkylation sites (tertiary alicyclic amines) is 1. The molecule has 0 aromatic heterocycles. The Labute approximate surface area is 146 Å². The number of halogens is 1. The van der Waals surface area contributed by atoms with Crippen molar-refractivity contribution in [2.75, 3.05) is 19.6 Å². The number of nitrogens with one attached hydrogen (secondary N) is 2. The molecule has 0 saturated carbocycles. The van der Waals surface area contributed by atoms with E-state index in [9.17, 15) is 18.8 Å². The highest BCUT2D eigenvalue weighted by Crippen LogP contribution is 2.25. The molecule has 0 spiro atoms. The van der Waals surface area contributed by atoms with Gasteiger partial charge in [0.15, 0.2) is 0 Å². The number of carbonyl (C=O) groups excluding carboxylic acids is 3. The molecule has 6 nitrogen and oxygen atoms in total. The molecule has 1 aliphatic rings. The summed E-state index contributed by atoms with van der Waals surface area (Å²) in [6, 6.07) is 5.23. The van der Waals surface area contributed by atoms with Crippen molar-refractivity contribution >= 4 is 17.7 Å². The monoisotopic (exact) mass is 349 g/mol. The summed E-state index contributed by atoms with van der Waals surface area (Å²) < 4.78 is 12.8. The van der Waals surface area contributed by atoms with Gasteiger partial charge in [0.2, 0.25) is 11.8 Å². The Kier molecular flexibility index (Phi) is 5.77. The number of rotatable bonds is 5. The first kappa shape index (κ1) is 18.9. The van der Waals surface area contributed by atoms with Gasteiger partial charge in [-0.2, -0.15) is 0 Å². The predicted molar refractivity (Wildman–Crippen MR) is 91.3 cm³/mol. The van der Waals surface area contributed by atoms with Crippen LogP contribution < -0.4 is 10.6 Å². The highest BCUT2D eigenvalue weighted by atomic mass is 19.1. The van der Waals surface area contributed by atoms with Gasteiger partial charge in [0, 0.05) is 37.2 Å². The standard InChI is InChI=1S/C18H24FN3O3/c1-18(2,3)22-11-13(10-15(22)23)17(25)21-9-8-20-16(24)12-4-6-14(19)7-5-12/h4-7,13H,8-11H2,1-3H3,(H,20,24)(H,21,25)/t13-/m0/s1. The Balaban J connectivity index is 1.73. The fourth-order valence-electron chi connectivity index (χ4n) is 2.74. The van der Waals surface area contributed by atoms with Gasteiger partial charge in [-0.05, 0) is 45.0 Å². The lowest BCUT2D eigenvalue weighted by Gasteiger charge is -2.31. The summed E-state index contributed by atoms with van der Waals surface area (Å²) in [5.74, 6) is -1.30. The van der Waals surface area contributed by atoms with Crippen molar-refractivity contribution in [1.82, 2.24) is 15.5 Å². The SMILES string of the molecule is CC(C)(C)N1C[C@@H](C(=O)NCCNC(=O)c2ccc(F)cc2)CC1=O. The summed E-state index contributed by atoms with van der Waals surface area (Å²) in [5.41, 5.74) is 0.0600. The Morgan fingerprint density at radius 2 is 1.76 bits per heavy atom. The molecule has 2 rings (SSSR count). The van der Waals surface area contributed by atoms with Gasteiger partial charge in [0.25, 0.3) is 5.91 Å². The predicted octanol–water partition coefficient (Wildman–Crippen LogP) is 1.32. The van der Waals surface area contributed by atoms with E-state index in [4.69, 9.17) is 0 Å². The van der Waals surface area contributed by atoms with Gasteiger partial charge in [-0.1, -0.05) is 0 Å². The molecule has 1 aromatic carbocycles. The Bertz CT molecular complexity index is 653. The fraction of sp³-hybridized carbons (Fsp3) is 0.500. The number of hydrogen-bond donors (Lipinski definition) is 2. The van der Waals surface area contributed by atoms with Crippen LogP contribution in [-0.4, -0.2) is 47.8 Å². The minimum atomic E-state index is -0.403. The minimum absolute atomic E-state index is 0.0164. The molecular formula is C18H24FN3O3. The van der Waals surface area contributed by atoms with Crippen molar-refractivity contribution in [3.63, 3.8) is 0 Å². The summed E-state index contributed by atoms with van der Waals surface area (Å²) >= 11 is 0. The zero-order valence-corrected chi connectivity index (χ0v) is 14.8. The summed E-state index contributed by atoms with van der Waals surface area (Å²) in [5, 5.41) is 5.39. The van der Waals surface area contributed by atoms with E-state index in [-0.39, 0.29) is 48.7 Å². The second-order valence-electron chi connectivity index (χ2n) is 7.13. The Morgan fingerprint density at radius 1 is 1.16 bits per heavy atom. The van der Waals surface area contributed by atoms with Crippen molar-refractivity contribution in [3.05, 3.63) is 35.6 Å². The largest absolute Gasteiger partial charge is 0.354 e. The summed E-state index contributed by atoms with van der Waals surface area (Å²) in [4.78, 5) is 37.7. The summed E-state index contributed by atoms with van der Waals surface area (Å²) in [7, 11) is 0. The second kappa shape index (κ2) is 7.63. The van der Waals surface area contributed by atoms with Gasteiger partial charge < -0.3 is 15.5 Å². The fourth-order valence-corrected chi connectivity index (χ4v) is 2.74. The van der Waals surface area contributed by atoms with Crippen LogP contribution in [0.2, 0.25) is 0 Å². The maximum absolute atomic E-state index is 12.8. The molecule has 0 bridgehead atoms. The van der Waals surface area contributed by atoms with E-state index in [1.807, 2.05) is 20.8 Å². The number of amides is 3. The van der Waals surface area contributed by atoms with Crippen LogP contribution in [0, 0.1) is 11.7 Å². The zero-order chi connectivity index (χ0) is 18.6. The van der Waals surface area contributed by atoms with Gasteiger partial charge in [-0.3, -0.25) is 14.4 Å². The van der Waals surface area contributed by atoms with Gasteiger partial charge in [-0.25, -0.2) is 4.39 Å². The molecule has 1 fully saturated rings. The molecule has 25 heavy (non-hydrogen) atoms. The van der Waals surface area contributed by atoms with Crippen molar-refractivity contribution in [1.29, 1.82) is 0 Å². The molecule has 0 unspecified atom stereocenters. The zero-order valence-electron chi connectivity index (χ0n) is 14.8. The Morgan fingerprint density at radius 3 is 2.32 bits per heavy atom. The van der Waals surface area contributed by atoms with Crippen LogP contribution in [0.1, 0.15) is 37.6 Å². The number of hydrogen-bond acceptors (Lipinski definition) is 3. The first-order valence-corrected chi connectivity index (χ1v) is 8.30. The number of benzene rings is 1. The molecule has 1 saturated heterocycles. The Hall–Kier alpha value is -2.44. The van der Waals surface area contributed by atoms with Gasteiger partial charge in [0.05, 0.1) is 5.92 Å². The number of nitrogens with zero attached hydrogens (tertiary/aromatic N) is 1. The molecule has 0 aliphatic carbocycles. The summed E-state index contributed by atoms with van der Waals surface area (Å²) in [6.45, 7) is 6.76. The van der Waals surface area contributed by atoms with E-state index in [1.54, 1.807) is 4.90 Å². The van der Waals surface area contributed by atoms with Crippen LogP contribution in [0.3, 0.4) is 0 Å². The van der Waals surface area contributed by atoms with Crippen molar-refractivity contribution < 1.29 is 18.8 Å². The van der Waals surface area contributed by atoms with Crippen LogP contribution >= 0.6 is 0 Å². The first-order valence-electron chi connectivity index (χ1n) is 8.30. The van der Waals surface area contributed by atoms with Gasteiger partial charge in [-0.15, -0.1) is 0 Å². The van der Waals surface area contributed by atoms with Crippen LogP contribution in [0.15, 0.2) is 24.3 Å². The maximum atomic E-state index is 12.8. The number of carbonyl (C=O) groups is 3. The molecule has 1 heterocycles. The van der Waals surface area contributed by atoms with Gasteiger partial charge in [0.1, 0.15) is 5.82 Å². The minimum Gasteiger partial charge on any atom is -0.354 e. The molecular weight excluding hydrogens is 325 g/mol. The third-order valence-corrected chi connectivity index (χ3v) is 4.12. The quantitative estimate of drug-likeness (QED) is 0.787. The highest BCUT2D eigenvalue weighted by Gasteiger charge is 2.39. The lowest BCUT2D eigenvalue weighted by Crippen LogP contribution is -2.43. The van der Waals surface area contributed by atoms with E-state index in [0.29, 0.717) is 12.1 Å². The molecule has 0 radical (unpaired) electrons. The van der Waals surface area contributed by atoms with Crippen molar-refractivity contribution in [2.45, 2.75) is 32.7 Å². The topological polar surface area (TPSA) is 78.5 Å². The van der Waals surface area contributed by atoms with Crippen LogP contribution in [-0.2, 0) is 9.59 Å². The van der Waals surface area contributed by atoms with Crippen molar-refractivity contribution in [2.24, 2.45) is 5.92 Å². The van der Waals surface area contributed by atoms with Crippen LogP contribution in [0.5, 0.6) is 0 Å². The lowest BCUT2D eigenvalue weighted by atomic mass is 10.1. The molecule has 2 N–H and O–H groups in total. The van der Waals surface area contributed by atoms with Gasteiger partial charge >= 0.3 is 0 Å². The van der Waals surface area contributed by atoms with Crippen molar-refractivity contribution in [3.8, 4) is 0 Å². The lowest BCUT2D eigenvalue weighted by molar-refractivity contribution is -0.132. The van der Waals surface area contributed by atoms with E-state index in [1.165, 1.54) is 24.3 Å². The summed E-state index contributed by atoms with van der Waals surface area (Å²) in [6.07, 6.45) is 0.213. The van der Waals surface area contributed by atoms with E-state index in [0.717, 1.165) is 0 Å². The second-order valence-corrected chi connectivity index (χ2v) is 7.13. The molecule has 1 aliphatic heterocycles. The molecule has 1 atom stereocenters. The van der Waals surface area contributed by atoms with E-state index < -0.39 is 5.82 Å². The highest BCUT2D eigenvalue weighted by molar-refractivity contribution is 5.94. The third kappa shape index (κ3) is 5.01. The molecule has 3 amide bonds. The maximum Gasteiger partial charge on any atom is 0.251 e. The molecule has 136 valence electrons. The average Bonchev–Trinajstić information content (AvgIpc) is 2.94. The van der Waals surface area contributed by atoms with Crippen LogP contribution in [0.25, 0.3) is 0 Å². The normalized spacial score (nSPS) is 17.5. The molecule has 1 aromatic rings. The van der Waals surface area contributed by atoms with E-state index in [2.05, 4.69) is 10.6 Å². The van der Waals surface area contributed by atoms with E-state index >= 15 is 0 Å².